The number of nitro groups is 1. The van der Waals surface area contributed by atoms with E-state index in [-0.39, 0.29) is 35.9 Å². The molecule has 0 bridgehead atoms. The summed E-state index contributed by atoms with van der Waals surface area (Å²) in [4.78, 5) is 22.1. The maximum atomic E-state index is 13.9. The number of aliphatic hydroxyl groups is 1. The maximum absolute atomic E-state index is 13.9. The van der Waals surface area contributed by atoms with Crippen molar-refractivity contribution in [2.45, 2.75) is 26.7 Å². The zero-order valence-corrected chi connectivity index (χ0v) is 12.1. The third-order valence-corrected chi connectivity index (χ3v) is 3.36. The van der Waals surface area contributed by atoms with E-state index in [9.17, 15) is 19.3 Å². The van der Waals surface area contributed by atoms with Gasteiger partial charge in [-0.25, -0.2) is 4.39 Å². The second-order valence-corrected chi connectivity index (χ2v) is 4.88. The Morgan fingerprint density at radius 1 is 1.52 bits per heavy atom. The van der Waals surface area contributed by atoms with Crippen LogP contribution in [0.1, 0.15) is 35.7 Å². The van der Waals surface area contributed by atoms with E-state index >= 15 is 0 Å². The maximum Gasteiger partial charge on any atom is 0.270 e. The number of benzene rings is 1. The fraction of sp³-hybridized carbons (Fsp3) is 0.500. The fourth-order valence-corrected chi connectivity index (χ4v) is 1.99. The van der Waals surface area contributed by atoms with Gasteiger partial charge in [-0.1, -0.05) is 13.3 Å². The predicted molar refractivity (Wildman–Crippen MR) is 75.6 cm³/mol. The van der Waals surface area contributed by atoms with Crippen LogP contribution in [0.25, 0.3) is 0 Å². The molecule has 0 saturated carbocycles. The van der Waals surface area contributed by atoms with E-state index in [0.717, 1.165) is 18.6 Å². The van der Waals surface area contributed by atoms with Crippen molar-refractivity contribution in [2.75, 3.05) is 13.2 Å². The molecule has 0 aromatic heterocycles. The van der Waals surface area contributed by atoms with Gasteiger partial charge in [-0.05, 0) is 24.8 Å². The number of hydrogen-bond acceptors (Lipinski definition) is 4. The van der Waals surface area contributed by atoms with Crippen molar-refractivity contribution in [3.05, 3.63) is 39.2 Å². The number of halogens is 1. The second kappa shape index (κ2) is 7.68. The highest BCUT2D eigenvalue weighted by Crippen LogP contribution is 2.21. The average Bonchev–Trinajstić information content (AvgIpc) is 2.45. The minimum atomic E-state index is -0.756. The van der Waals surface area contributed by atoms with Gasteiger partial charge in [0.2, 0.25) is 0 Å². The van der Waals surface area contributed by atoms with Crippen LogP contribution < -0.4 is 5.32 Å². The first-order valence-corrected chi connectivity index (χ1v) is 6.74. The molecule has 1 aromatic rings. The summed E-state index contributed by atoms with van der Waals surface area (Å²) in [5.74, 6) is -1.36. The van der Waals surface area contributed by atoms with Gasteiger partial charge < -0.3 is 10.4 Å². The van der Waals surface area contributed by atoms with E-state index in [0.29, 0.717) is 6.42 Å². The summed E-state index contributed by atoms with van der Waals surface area (Å²) in [7, 11) is 0. The van der Waals surface area contributed by atoms with Crippen LogP contribution in [0, 0.1) is 28.8 Å². The van der Waals surface area contributed by atoms with E-state index < -0.39 is 16.6 Å². The minimum Gasteiger partial charge on any atom is -0.396 e. The molecule has 1 aromatic carbocycles. The van der Waals surface area contributed by atoms with Crippen LogP contribution >= 0.6 is 0 Å². The van der Waals surface area contributed by atoms with Gasteiger partial charge in [-0.2, -0.15) is 0 Å². The van der Waals surface area contributed by atoms with E-state index in [2.05, 4.69) is 5.32 Å². The van der Waals surface area contributed by atoms with Crippen LogP contribution in [0.4, 0.5) is 10.1 Å². The number of carbonyl (C=O) groups excluding carboxylic acids is 1. The Balaban J connectivity index is 2.89. The van der Waals surface area contributed by atoms with Crippen molar-refractivity contribution in [3.63, 3.8) is 0 Å². The zero-order valence-electron chi connectivity index (χ0n) is 12.1. The summed E-state index contributed by atoms with van der Waals surface area (Å²) in [6, 6.07) is 2.03. The first-order valence-electron chi connectivity index (χ1n) is 6.74. The van der Waals surface area contributed by atoms with Crippen molar-refractivity contribution in [2.24, 2.45) is 5.92 Å². The van der Waals surface area contributed by atoms with Gasteiger partial charge in [0.1, 0.15) is 5.82 Å². The molecule has 0 heterocycles. The highest BCUT2D eigenvalue weighted by atomic mass is 19.1. The van der Waals surface area contributed by atoms with Crippen LogP contribution in [-0.2, 0) is 0 Å². The molecular formula is C14H19FN2O4. The molecule has 0 saturated heterocycles. The molecule has 1 unspecified atom stereocenters. The molecule has 1 rings (SSSR count). The van der Waals surface area contributed by atoms with Crippen LogP contribution in [0.15, 0.2) is 12.1 Å². The van der Waals surface area contributed by atoms with Crippen molar-refractivity contribution >= 4 is 11.6 Å². The lowest BCUT2D eigenvalue weighted by Crippen LogP contribution is -2.30. The molecule has 116 valence electrons. The first-order chi connectivity index (χ1) is 9.90. The smallest absolute Gasteiger partial charge is 0.270 e. The molecule has 2 N–H and O–H groups in total. The third kappa shape index (κ3) is 4.49. The number of nitrogens with zero attached hydrogens (tertiary/aromatic N) is 1. The number of rotatable bonds is 7. The van der Waals surface area contributed by atoms with Crippen LogP contribution in [0.5, 0.6) is 0 Å². The van der Waals surface area contributed by atoms with Gasteiger partial charge in [-0.15, -0.1) is 0 Å². The molecule has 0 spiro atoms. The Morgan fingerprint density at radius 3 is 2.71 bits per heavy atom. The van der Waals surface area contributed by atoms with Gasteiger partial charge in [0.05, 0.1) is 10.5 Å². The number of amides is 1. The van der Waals surface area contributed by atoms with Crippen LogP contribution in [0.3, 0.4) is 0 Å². The number of aliphatic hydroxyl groups excluding tert-OH is 1. The SMILES string of the molecule is CCC(CCO)CNC(=O)c1cc([N+](=O)[O-])cc(C)c1F. The molecule has 0 fully saturated rings. The molecule has 0 radical (unpaired) electrons. The van der Waals surface area contributed by atoms with E-state index in [1.54, 1.807) is 0 Å². The Bertz CT molecular complexity index is 534. The molecule has 0 aliphatic carbocycles. The minimum absolute atomic E-state index is 0.0126. The summed E-state index contributed by atoms with van der Waals surface area (Å²) < 4.78 is 13.9. The lowest BCUT2D eigenvalue weighted by molar-refractivity contribution is -0.385. The van der Waals surface area contributed by atoms with Crippen molar-refractivity contribution < 1.29 is 19.2 Å². The van der Waals surface area contributed by atoms with Crippen molar-refractivity contribution in [1.29, 1.82) is 0 Å². The van der Waals surface area contributed by atoms with E-state index in [1.807, 2.05) is 6.92 Å². The molecule has 1 amide bonds. The normalized spacial score (nSPS) is 12.0. The zero-order chi connectivity index (χ0) is 16.0. The molecular weight excluding hydrogens is 279 g/mol. The molecule has 0 aliphatic heterocycles. The summed E-state index contributed by atoms with van der Waals surface area (Å²) in [6.45, 7) is 3.60. The van der Waals surface area contributed by atoms with Crippen molar-refractivity contribution in [1.82, 2.24) is 5.32 Å². The Labute approximate surface area is 122 Å². The van der Waals surface area contributed by atoms with Gasteiger partial charge in [0.25, 0.3) is 11.6 Å². The predicted octanol–water partition coefficient (Wildman–Crippen LogP) is 2.18. The number of aryl methyl sites for hydroxylation is 1. The lowest BCUT2D eigenvalue weighted by Gasteiger charge is -2.14. The Hall–Kier alpha value is -2.02. The topological polar surface area (TPSA) is 92.5 Å². The van der Waals surface area contributed by atoms with Crippen molar-refractivity contribution in [3.8, 4) is 0 Å². The van der Waals surface area contributed by atoms with Gasteiger partial charge in [0, 0.05) is 25.3 Å². The second-order valence-electron chi connectivity index (χ2n) is 4.88. The standard InChI is InChI=1S/C14H19FN2O4/c1-3-10(4-5-18)8-16-14(19)12-7-11(17(20)21)6-9(2)13(12)15/h6-7,10,18H,3-5,8H2,1-2H3,(H,16,19). The summed E-state index contributed by atoms with van der Waals surface area (Å²) in [5.41, 5.74) is -0.598. The largest absolute Gasteiger partial charge is 0.396 e. The molecule has 6 nitrogen and oxygen atoms in total. The van der Waals surface area contributed by atoms with Crippen LogP contribution in [-0.4, -0.2) is 29.1 Å². The first kappa shape index (κ1) is 17.0. The summed E-state index contributed by atoms with van der Waals surface area (Å²) in [6.07, 6.45) is 1.30. The highest BCUT2D eigenvalue weighted by molar-refractivity contribution is 5.95. The third-order valence-electron chi connectivity index (χ3n) is 3.36. The van der Waals surface area contributed by atoms with Gasteiger partial charge >= 0.3 is 0 Å². The fourth-order valence-electron chi connectivity index (χ4n) is 1.99. The monoisotopic (exact) mass is 298 g/mol. The number of hydrogen-bond donors (Lipinski definition) is 2. The molecule has 21 heavy (non-hydrogen) atoms. The number of nitrogens with one attached hydrogen (secondary N) is 1. The lowest BCUT2D eigenvalue weighted by atomic mass is 10.0. The Morgan fingerprint density at radius 2 is 2.19 bits per heavy atom. The van der Waals surface area contributed by atoms with Gasteiger partial charge in [0.15, 0.2) is 0 Å². The molecule has 1 atom stereocenters. The number of carbonyl (C=O) groups is 1. The number of non-ortho nitro benzene ring substituents is 1. The summed E-state index contributed by atoms with van der Waals surface area (Å²) in [5, 5.41) is 22.2. The number of nitro benzene ring substituents is 1. The van der Waals surface area contributed by atoms with Gasteiger partial charge in [-0.3, -0.25) is 14.9 Å². The molecule has 0 aliphatic rings. The van der Waals surface area contributed by atoms with E-state index in [4.69, 9.17) is 5.11 Å². The Kier molecular flexibility index (Phi) is 6.23. The quantitative estimate of drug-likeness (QED) is 0.596. The highest BCUT2D eigenvalue weighted by Gasteiger charge is 2.20. The average molecular weight is 298 g/mol. The molecule has 7 heteroatoms. The summed E-state index contributed by atoms with van der Waals surface area (Å²) >= 11 is 0. The van der Waals surface area contributed by atoms with E-state index in [1.165, 1.54) is 6.92 Å². The van der Waals surface area contributed by atoms with Crippen LogP contribution in [0.2, 0.25) is 0 Å².